The van der Waals surface area contributed by atoms with E-state index < -0.39 is 0 Å². The zero-order chi connectivity index (χ0) is 20.3. The van der Waals surface area contributed by atoms with Crippen molar-refractivity contribution in [3.05, 3.63) is 66.1 Å². The van der Waals surface area contributed by atoms with Gasteiger partial charge < -0.3 is 13.7 Å². The molecular formula is C23H18N2O4. The standard InChI is InChI=1S/C23H18N2O4/c1-24-12-17(15-6-4-5-7-18(15)24)20-19(22(26)25(2)23(20)27)16-11-14(28-3)10-13-8-9-29-21(13)16/h4-12H,1-3H3. The first-order valence-corrected chi connectivity index (χ1v) is 9.18. The number of hydrogen-bond donors (Lipinski definition) is 0. The number of carbonyl (C=O) groups is 2. The summed E-state index contributed by atoms with van der Waals surface area (Å²) in [7, 11) is 4.99. The van der Waals surface area contributed by atoms with Crippen LogP contribution in [0, 0.1) is 0 Å². The first-order chi connectivity index (χ1) is 14.0. The Bertz CT molecular complexity index is 1360. The van der Waals surface area contributed by atoms with E-state index in [-0.39, 0.29) is 11.8 Å². The van der Waals surface area contributed by atoms with E-state index in [0.29, 0.717) is 28.0 Å². The molecule has 2 aromatic heterocycles. The smallest absolute Gasteiger partial charge is 0.262 e. The predicted octanol–water partition coefficient (Wildman–Crippen LogP) is 3.84. The third-order valence-corrected chi connectivity index (χ3v) is 5.48. The number of rotatable bonds is 3. The van der Waals surface area contributed by atoms with Gasteiger partial charge in [-0.15, -0.1) is 0 Å². The fourth-order valence-corrected chi connectivity index (χ4v) is 4.04. The van der Waals surface area contributed by atoms with Gasteiger partial charge in [0.25, 0.3) is 11.8 Å². The van der Waals surface area contributed by atoms with E-state index in [9.17, 15) is 9.59 Å². The van der Waals surface area contributed by atoms with Crippen molar-refractivity contribution in [1.82, 2.24) is 9.47 Å². The van der Waals surface area contributed by atoms with Crippen molar-refractivity contribution in [2.24, 2.45) is 7.05 Å². The Morgan fingerprint density at radius 1 is 0.931 bits per heavy atom. The molecule has 0 fully saturated rings. The first-order valence-electron chi connectivity index (χ1n) is 9.18. The van der Waals surface area contributed by atoms with Gasteiger partial charge in [0.15, 0.2) is 0 Å². The lowest BCUT2D eigenvalue weighted by atomic mass is 9.95. The minimum atomic E-state index is -0.358. The van der Waals surface area contributed by atoms with Crippen molar-refractivity contribution in [3.8, 4) is 5.75 Å². The van der Waals surface area contributed by atoms with Gasteiger partial charge in [-0.25, -0.2) is 0 Å². The molecule has 6 heteroatoms. The lowest BCUT2D eigenvalue weighted by Crippen LogP contribution is -2.26. The molecule has 0 radical (unpaired) electrons. The molecule has 2 aromatic carbocycles. The number of methoxy groups -OCH3 is 1. The van der Waals surface area contributed by atoms with Gasteiger partial charge in [0.2, 0.25) is 0 Å². The molecule has 29 heavy (non-hydrogen) atoms. The van der Waals surface area contributed by atoms with E-state index in [1.54, 1.807) is 19.4 Å². The number of aryl methyl sites for hydroxylation is 1. The molecule has 0 unspecified atom stereocenters. The number of benzene rings is 2. The third-order valence-electron chi connectivity index (χ3n) is 5.48. The fraction of sp³-hybridized carbons (Fsp3) is 0.130. The zero-order valence-corrected chi connectivity index (χ0v) is 16.2. The molecular weight excluding hydrogens is 368 g/mol. The zero-order valence-electron chi connectivity index (χ0n) is 16.2. The lowest BCUT2D eigenvalue weighted by molar-refractivity contribution is -0.134. The second-order valence-corrected chi connectivity index (χ2v) is 7.10. The van der Waals surface area contributed by atoms with Gasteiger partial charge in [-0.3, -0.25) is 14.5 Å². The molecule has 0 spiro atoms. The van der Waals surface area contributed by atoms with Crippen LogP contribution in [0.15, 0.2) is 59.3 Å². The van der Waals surface area contributed by atoms with Gasteiger partial charge in [-0.1, -0.05) is 18.2 Å². The summed E-state index contributed by atoms with van der Waals surface area (Å²) in [5, 5.41) is 1.72. The first kappa shape index (κ1) is 17.3. The van der Waals surface area contributed by atoms with E-state index in [4.69, 9.17) is 9.15 Å². The van der Waals surface area contributed by atoms with E-state index >= 15 is 0 Å². The second kappa shape index (κ2) is 6.10. The van der Waals surface area contributed by atoms with E-state index in [2.05, 4.69) is 0 Å². The molecule has 0 saturated heterocycles. The van der Waals surface area contributed by atoms with E-state index in [1.807, 2.05) is 54.2 Å². The number of amides is 2. The number of carbonyl (C=O) groups excluding carboxylic acids is 2. The van der Waals surface area contributed by atoms with Crippen LogP contribution in [0.25, 0.3) is 33.0 Å². The van der Waals surface area contributed by atoms with Crippen LogP contribution in [0.4, 0.5) is 0 Å². The van der Waals surface area contributed by atoms with Crippen LogP contribution in [0.3, 0.4) is 0 Å². The molecule has 1 aliphatic rings. The van der Waals surface area contributed by atoms with Gasteiger partial charge in [0.05, 0.1) is 24.5 Å². The Morgan fingerprint density at radius 2 is 1.66 bits per heavy atom. The molecule has 6 nitrogen and oxygen atoms in total. The van der Waals surface area contributed by atoms with Gasteiger partial charge in [-0.2, -0.15) is 0 Å². The third kappa shape index (κ3) is 2.35. The van der Waals surface area contributed by atoms with Crippen molar-refractivity contribution in [2.45, 2.75) is 0 Å². The Labute approximate surface area is 166 Å². The van der Waals surface area contributed by atoms with Crippen LogP contribution in [0.2, 0.25) is 0 Å². The van der Waals surface area contributed by atoms with E-state index in [1.165, 1.54) is 7.05 Å². The number of fused-ring (bicyclic) bond motifs is 2. The molecule has 4 aromatic rings. The summed E-state index contributed by atoms with van der Waals surface area (Å²) in [5.74, 6) is -0.0961. The maximum absolute atomic E-state index is 13.2. The molecule has 0 atom stereocenters. The quantitative estimate of drug-likeness (QED) is 0.502. The average molecular weight is 386 g/mol. The predicted molar refractivity (Wildman–Crippen MR) is 110 cm³/mol. The number of para-hydroxylation sites is 1. The van der Waals surface area contributed by atoms with Crippen LogP contribution in [-0.2, 0) is 16.6 Å². The number of imide groups is 1. The summed E-state index contributed by atoms with van der Waals surface area (Å²) in [6.45, 7) is 0. The highest BCUT2D eigenvalue weighted by Gasteiger charge is 2.39. The highest BCUT2D eigenvalue weighted by molar-refractivity contribution is 6.50. The van der Waals surface area contributed by atoms with Gasteiger partial charge in [0.1, 0.15) is 11.3 Å². The maximum Gasteiger partial charge on any atom is 0.262 e. The summed E-state index contributed by atoms with van der Waals surface area (Å²) in [5.41, 5.74) is 3.51. The molecule has 0 saturated carbocycles. The van der Waals surface area contributed by atoms with Crippen LogP contribution in [-0.4, -0.2) is 35.4 Å². The second-order valence-electron chi connectivity index (χ2n) is 7.10. The molecule has 5 rings (SSSR count). The number of ether oxygens (including phenoxy) is 1. The van der Waals surface area contributed by atoms with Crippen molar-refractivity contribution < 1.29 is 18.7 Å². The summed E-state index contributed by atoms with van der Waals surface area (Å²) < 4.78 is 13.1. The largest absolute Gasteiger partial charge is 0.497 e. The Balaban J connectivity index is 1.90. The molecule has 0 N–H and O–H groups in total. The SMILES string of the molecule is COc1cc(C2=C(c3cn(C)c4ccccc34)C(=O)N(C)C2=O)c2occc2c1. The van der Waals surface area contributed by atoms with Crippen molar-refractivity contribution >= 4 is 44.8 Å². The number of hydrogen-bond acceptors (Lipinski definition) is 4. The molecule has 0 aliphatic carbocycles. The fourth-order valence-electron chi connectivity index (χ4n) is 4.04. The number of aromatic nitrogens is 1. The maximum atomic E-state index is 13.2. The molecule has 3 heterocycles. The van der Waals surface area contributed by atoms with Crippen molar-refractivity contribution in [3.63, 3.8) is 0 Å². The van der Waals surface area contributed by atoms with Crippen molar-refractivity contribution in [2.75, 3.05) is 14.2 Å². The summed E-state index contributed by atoms with van der Waals surface area (Å²) in [6.07, 6.45) is 3.46. The summed E-state index contributed by atoms with van der Waals surface area (Å²) >= 11 is 0. The van der Waals surface area contributed by atoms with Crippen LogP contribution in [0.5, 0.6) is 5.75 Å². The van der Waals surface area contributed by atoms with Gasteiger partial charge in [-0.05, 0) is 24.3 Å². The van der Waals surface area contributed by atoms with Crippen molar-refractivity contribution in [1.29, 1.82) is 0 Å². The monoisotopic (exact) mass is 386 g/mol. The Morgan fingerprint density at radius 3 is 2.41 bits per heavy atom. The number of furan rings is 1. The molecule has 144 valence electrons. The highest BCUT2D eigenvalue weighted by atomic mass is 16.5. The van der Waals surface area contributed by atoms with Crippen LogP contribution in [0.1, 0.15) is 11.1 Å². The van der Waals surface area contributed by atoms with Gasteiger partial charge >= 0.3 is 0 Å². The topological polar surface area (TPSA) is 64.7 Å². The molecule has 1 aliphatic heterocycles. The molecule has 2 amide bonds. The summed E-state index contributed by atoms with van der Waals surface area (Å²) in [6, 6.07) is 13.2. The lowest BCUT2D eigenvalue weighted by Gasteiger charge is -2.08. The Hall–Kier alpha value is -3.80. The molecule has 0 bridgehead atoms. The van der Waals surface area contributed by atoms with Gasteiger partial charge in [0, 0.05) is 47.7 Å². The highest BCUT2D eigenvalue weighted by Crippen LogP contribution is 2.41. The number of nitrogens with zero attached hydrogens (tertiary/aromatic N) is 2. The minimum absolute atomic E-state index is 0.327. The average Bonchev–Trinajstić information content (AvgIpc) is 3.39. The minimum Gasteiger partial charge on any atom is -0.497 e. The Kier molecular flexibility index (Phi) is 3.64. The van der Waals surface area contributed by atoms with Crippen LogP contribution < -0.4 is 4.74 Å². The normalized spacial score (nSPS) is 14.7. The van der Waals surface area contributed by atoms with Crippen LogP contribution >= 0.6 is 0 Å². The number of likely N-dealkylation sites (N-methyl/N-ethyl adjacent to an activating group) is 1. The summed E-state index contributed by atoms with van der Waals surface area (Å²) in [4.78, 5) is 27.5. The van der Waals surface area contributed by atoms with E-state index in [0.717, 1.165) is 26.8 Å².